The number of ether oxygens (including phenoxy) is 1. The molecule has 1 aromatic carbocycles. The molecule has 1 aromatic heterocycles. The number of aromatic nitrogens is 2. The fourth-order valence-corrected chi connectivity index (χ4v) is 3.32. The monoisotopic (exact) mass is 355 g/mol. The Labute approximate surface area is 153 Å². The highest BCUT2D eigenvalue weighted by Crippen LogP contribution is 2.22. The predicted octanol–water partition coefficient (Wildman–Crippen LogP) is 2.62. The zero-order valence-electron chi connectivity index (χ0n) is 15.1. The number of carbonyl (C=O) groups excluding carboxylic acids is 1. The van der Waals surface area contributed by atoms with Crippen LogP contribution in [0.25, 0.3) is 11.3 Å². The number of methoxy groups -OCH3 is 1. The van der Waals surface area contributed by atoms with Gasteiger partial charge in [-0.3, -0.25) is 9.59 Å². The summed E-state index contributed by atoms with van der Waals surface area (Å²) in [4.78, 5) is 24.3. The van der Waals surface area contributed by atoms with Crippen LogP contribution >= 0.6 is 0 Å². The number of rotatable bonds is 6. The summed E-state index contributed by atoms with van der Waals surface area (Å²) < 4.78 is 6.37. The molecule has 0 aliphatic heterocycles. The van der Waals surface area contributed by atoms with E-state index in [1.54, 1.807) is 13.2 Å². The van der Waals surface area contributed by atoms with Gasteiger partial charge < -0.3 is 10.1 Å². The number of carbonyl (C=O) groups is 1. The molecular weight excluding hydrogens is 330 g/mol. The van der Waals surface area contributed by atoms with Crippen molar-refractivity contribution < 1.29 is 9.53 Å². The molecule has 0 unspecified atom stereocenters. The second-order valence-corrected chi connectivity index (χ2v) is 6.75. The number of amides is 1. The van der Waals surface area contributed by atoms with Crippen molar-refractivity contribution in [2.45, 2.75) is 38.6 Å². The molecule has 1 heterocycles. The molecule has 3 rings (SSSR count). The number of nitrogens with zero attached hydrogens (tertiary/aromatic N) is 2. The molecule has 0 saturated heterocycles. The number of hydrogen-bond donors (Lipinski definition) is 1. The minimum atomic E-state index is -0.282. The second-order valence-electron chi connectivity index (χ2n) is 6.75. The van der Waals surface area contributed by atoms with Crippen molar-refractivity contribution in [3.05, 3.63) is 46.8 Å². The van der Waals surface area contributed by atoms with Gasteiger partial charge in [-0.15, -0.1) is 0 Å². The van der Waals surface area contributed by atoms with Crippen molar-refractivity contribution in [3.63, 3.8) is 0 Å². The van der Waals surface area contributed by atoms with E-state index in [1.807, 2.05) is 24.3 Å². The Morgan fingerprint density at radius 1 is 1.15 bits per heavy atom. The molecule has 6 nitrogen and oxygen atoms in total. The quantitative estimate of drug-likeness (QED) is 0.864. The van der Waals surface area contributed by atoms with E-state index in [0.717, 1.165) is 11.3 Å². The highest BCUT2D eigenvalue weighted by Gasteiger charge is 2.15. The van der Waals surface area contributed by atoms with Crippen molar-refractivity contribution >= 4 is 5.91 Å². The van der Waals surface area contributed by atoms with Gasteiger partial charge in [0.25, 0.3) is 5.56 Å². The van der Waals surface area contributed by atoms with E-state index >= 15 is 0 Å². The zero-order valence-corrected chi connectivity index (χ0v) is 15.1. The Kier molecular flexibility index (Phi) is 6.04. The number of hydrogen-bond acceptors (Lipinski definition) is 4. The first-order chi connectivity index (χ1) is 12.7. The van der Waals surface area contributed by atoms with E-state index in [0.29, 0.717) is 18.2 Å². The third-order valence-electron chi connectivity index (χ3n) is 4.86. The van der Waals surface area contributed by atoms with Crippen molar-refractivity contribution in [3.8, 4) is 17.0 Å². The summed E-state index contributed by atoms with van der Waals surface area (Å²) in [7, 11) is 1.61. The van der Waals surface area contributed by atoms with Crippen LogP contribution < -0.4 is 15.6 Å². The maximum Gasteiger partial charge on any atom is 0.267 e. The van der Waals surface area contributed by atoms with Gasteiger partial charge >= 0.3 is 0 Å². The minimum Gasteiger partial charge on any atom is -0.497 e. The highest BCUT2D eigenvalue weighted by atomic mass is 16.5. The van der Waals surface area contributed by atoms with E-state index in [4.69, 9.17) is 4.74 Å². The lowest BCUT2D eigenvalue weighted by Crippen LogP contribution is -2.36. The standard InChI is InChI=1S/C20H25N3O3/c1-26-17-9-7-16(8-10-17)18-11-12-20(25)23(22-18)14-19(24)21-13-15-5-3-2-4-6-15/h7-12,15H,2-6,13-14H2,1H3,(H,21,24). The lowest BCUT2D eigenvalue weighted by molar-refractivity contribution is -0.122. The van der Waals surface area contributed by atoms with Gasteiger partial charge in [0.05, 0.1) is 12.8 Å². The molecule has 1 saturated carbocycles. The number of nitrogens with one attached hydrogen (secondary N) is 1. The van der Waals surface area contributed by atoms with Crippen molar-refractivity contribution in [1.29, 1.82) is 0 Å². The summed E-state index contributed by atoms with van der Waals surface area (Å²) in [5.74, 6) is 1.14. The Bertz CT molecular complexity index is 793. The van der Waals surface area contributed by atoms with E-state index in [-0.39, 0.29) is 18.0 Å². The average molecular weight is 355 g/mol. The molecule has 138 valence electrons. The lowest BCUT2D eigenvalue weighted by atomic mass is 9.89. The van der Waals surface area contributed by atoms with Gasteiger partial charge in [0.15, 0.2) is 0 Å². The maximum atomic E-state index is 12.2. The molecule has 0 radical (unpaired) electrons. The van der Waals surface area contributed by atoms with Gasteiger partial charge in [-0.2, -0.15) is 5.10 Å². The van der Waals surface area contributed by atoms with Crippen LogP contribution in [0.2, 0.25) is 0 Å². The zero-order chi connectivity index (χ0) is 18.4. The van der Waals surface area contributed by atoms with Crippen molar-refractivity contribution in [2.24, 2.45) is 5.92 Å². The van der Waals surface area contributed by atoms with E-state index in [2.05, 4.69) is 10.4 Å². The summed E-state index contributed by atoms with van der Waals surface area (Å²) >= 11 is 0. The SMILES string of the molecule is COc1ccc(-c2ccc(=O)n(CC(=O)NCC3CCCCC3)n2)cc1. The average Bonchev–Trinajstić information content (AvgIpc) is 2.69. The lowest BCUT2D eigenvalue weighted by Gasteiger charge is -2.21. The molecule has 1 fully saturated rings. The van der Waals surface area contributed by atoms with Gasteiger partial charge in [0.1, 0.15) is 12.3 Å². The molecule has 1 amide bonds. The number of benzene rings is 1. The molecule has 1 N–H and O–H groups in total. The van der Waals surface area contributed by atoms with Gasteiger partial charge in [-0.1, -0.05) is 19.3 Å². The molecule has 1 aliphatic carbocycles. The summed E-state index contributed by atoms with van der Waals surface area (Å²) in [6, 6.07) is 10.5. The molecule has 0 spiro atoms. The Balaban J connectivity index is 1.65. The van der Waals surface area contributed by atoms with Crippen LogP contribution in [0.15, 0.2) is 41.2 Å². The molecule has 2 aromatic rings. The summed E-state index contributed by atoms with van der Waals surface area (Å²) in [5.41, 5.74) is 1.23. The van der Waals surface area contributed by atoms with Crippen LogP contribution in [0.5, 0.6) is 5.75 Å². The van der Waals surface area contributed by atoms with Gasteiger partial charge in [0, 0.05) is 18.2 Å². The van der Waals surface area contributed by atoms with Crippen molar-refractivity contribution in [2.75, 3.05) is 13.7 Å². The first-order valence-corrected chi connectivity index (χ1v) is 9.15. The fraction of sp³-hybridized carbons (Fsp3) is 0.450. The third kappa shape index (κ3) is 4.71. The van der Waals surface area contributed by atoms with Gasteiger partial charge in [0.2, 0.25) is 5.91 Å². The van der Waals surface area contributed by atoms with E-state index < -0.39 is 0 Å². The van der Waals surface area contributed by atoms with E-state index in [9.17, 15) is 9.59 Å². The first-order valence-electron chi connectivity index (χ1n) is 9.15. The molecule has 1 aliphatic rings. The summed E-state index contributed by atoms with van der Waals surface area (Å²) in [5, 5.41) is 7.28. The normalized spacial score (nSPS) is 14.8. The van der Waals surface area contributed by atoms with Crippen LogP contribution in [-0.4, -0.2) is 29.3 Å². The maximum absolute atomic E-state index is 12.2. The molecular formula is C20H25N3O3. The largest absolute Gasteiger partial charge is 0.497 e. The smallest absolute Gasteiger partial charge is 0.267 e. The highest BCUT2D eigenvalue weighted by molar-refractivity contribution is 5.75. The third-order valence-corrected chi connectivity index (χ3v) is 4.86. The summed E-state index contributed by atoms with van der Waals surface area (Å²) in [6.07, 6.45) is 6.12. The minimum absolute atomic E-state index is 0.0600. The van der Waals surface area contributed by atoms with Crippen LogP contribution in [-0.2, 0) is 11.3 Å². The first kappa shape index (κ1) is 18.2. The second kappa shape index (κ2) is 8.65. The summed E-state index contributed by atoms with van der Waals surface area (Å²) in [6.45, 7) is 0.626. The van der Waals surface area contributed by atoms with Crippen LogP contribution in [0.3, 0.4) is 0 Å². The van der Waals surface area contributed by atoms with Crippen molar-refractivity contribution in [1.82, 2.24) is 15.1 Å². The molecule has 6 heteroatoms. The predicted molar refractivity (Wildman–Crippen MR) is 100 cm³/mol. The van der Waals surface area contributed by atoms with Crippen LogP contribution in [0, 0.1) is 5.92 Å². The Morgan fingerprint density at radius 3 is 2.58 bits per heavy atom. The topological polar surface area (TPSA) is 73.2 Å². The Hall–Kier alpha value is -2.63. The van der Waals surface area contributed by atoms with Gasteiger partial charge in [-0.05, 0) is 49.1 Å². The van der Waals surface area contributed by atoms with Crippen LogP contribution in [0.1, 0.15) is 32.1 Å². The van der Waals surface area contributed by atoms with Crippen LogP contribution in [0.4, 0.5) is 0 Å². The van der Waals surface area contributed by atoms with E-state index in [1.165, 1.54) is 42.9 Å². The Morgan fingerprint density at radius 2 is 1.88 bits per heavy atom. The molecule has 0 bridgehead atoms. The van der Waals surface area contributed by atoms with Gasteiger partial charge in [-0.25, -0.2) is 4.68 Å². The molecule has 26 heavy (non-hydrogen) atoms. The fourth-order valence-electron chi connectivity index (χ4n) is 3.32. The molecule has 0 atom stereocenters.